The van der Waals surface area contributed by atoms with E-state index in [-0.39, 0.29) is 11.7 Å². The van der Waals surface area contributed by atoms with E-state index in [0.29, 0.717) is 12.6 Å². The molecule has 3 fully saturated rings. The predicted molar refractivity (Wildman–Crippen MR) is 105 cm³/mol. The van der Waals surface area contributed by atoms with Crippen LogP contribution in [0.1, 0.15) is 18.9 Å². The van der Waals surface area contributed by atoms with Crippen LogP contribution in [-0.2, 0) is 11.2 Å². The van der Waals surface area contributed by atoms with Gasteiger partial charge in [0.05, 0.1) is 12.7 Å². The summed E-state index contributed by atoms with van der Waals surface area (Å²) < 4.78 is 5.63. The van der Waals surface area contributed by atoms with Gasteiger partial charge < -0.3 is 14.5 Å². The lowest BCUT2D eigenvalue weighted by Gasteiger charge is -2.33. The third-order valence-corrected chi connectivity index (χ3v) is 6.14. The number of ether oxygens (including phenoxy) is 1. The summed E-state index contributed by atoms with van der Waals surface area (Å²) in [6, 6.07) is 12.7. The number of H-pyrrole nitrogens is 1. The number of fused-ring (bicyclic) bond motifs is 1. The van der Waals surface area contributed by atoms with E-state index < -0.39 is 0 Å². The van der Waals surface area contributed by atoms with Crippen molar-refractivity contribution in [1.29, 1.82) is 0 Å². The number of rotatable bonds is 4. The Morgan fingerprint density at radius 3 is 2.93 bits per heavy atom. The van der Waals surface area contributed by atoms with Gasteiger partial charge in [-0.1, -0.05) is 30.3 Å². The summed E-state index contributed by atoms with van der Waals surface area (Å²) in [5.74, 6) is 2.96. The minimum atomic E-state index is -0.0758. The minimum absolute atomic E-state index is 0.0758. The lowest BCUT2D eigenvalue weighted by atomic mass is 10.0. The van der Waals surface area contributed by atoms with E-state index in [1.54, 1.807) is 6.07 Å². The highest BCUT2D eigenvalue weighted by Crippen LogP contribution is 2.51. The number of anilines is 2. The first kappa shape index (κ1) is 16.8. The van der Waals surface area contributed by atoms with Gasteiger partial charge in [-0.3, -0.25) is 9.78 Å². The molecule has 4 atom stereocenters. The number of aromatic amines is 1. The maximum Gasteiger partial charge on any atom is 0.254 e. The summed E-state index contributed by atoms with van der Waals surface area (Å²) in [5.41, 5.74) is 1.27. The second-order valence-corrected chi connectivity index (χ2v) is 8.12. The molecule has 6 nitrogen and oxygen atoms in total. The molecule has 0 spiro atoms. The summed E-state index contributed by atoms with van der Waals surface area (Å²) in [7, 11) is 0. The maximum atomic E-state index is 12.4. The molecule has 2 saturated heterocycles. The first-order chi connectivity index (χ1) is 13.2. The van der Waals surface area contributed by atoms with Crippen LogP contribution in [0.4, 0.5) is 11.8 Å². The molecule has 1 N–H and O–H groups in total. The Labute approximate surface area is 159 Å². The summed E-state index contributed by atoms with van der Waals surface area (Å²) >= 11 is 0. The van der Waals surface area contributed by atoms with Crippen molar-refractivity contribution >= 4 is 11.8 Å². The zero-order valence-electron chi connectivity index (χ0n) is 15.7. The van der Waals surface area contributed by atoms with Crippen LogP contribution >= 0.6 is 0 Å². The van der Waals surface area contributed by atoms with Crippen molar-refractivity contribution < 1.29 is 4.74 Å². The lowest BCUT2D eigenvalue weighted by Crippen LogP contribution is -2.43. The van der Waals surface area contributed by atoms with Gasteiger partial charge in [0.25, 0.3) is 5.56 Å². The van der Waals surface area contributed by atoms with Gasteiger partial charge in [0.15, 0.2) is 0 Å². The van der Waals surface area contributed by atoms with E-state index >= 15 is 0 Å². The Morgan fingerprint density at radius 1 is 1.26 bits per heavy atom. The Hall–Kier alpha value is -2.34. The van der Waals surface area contributed by atoms with Crippen molar-refractivity contribution in [3.63, 3.8) is 0 Å². The summed E-state index contributed by atoms with van der Waals surface area (Å²) in [6.07, 6.45) is 2.47. The lowest BCUT2D eigenvalue weighted by molar-refractivity contribution is 0.0529. The van der Waals surface area contributed by atoms with Crippen LogP contribution in [0.3, 0.4) is 0 Å². The van der Waals surface area contributed by atoms with E-state index in [4.69, 9.17) is 9.72 Å². The molecule has 0 radical (unpaired) electrons. The average Bonchev–Trinajstić information content (AvgIpc) is 3.36. The van der Waals surface area contributed by atoms with Gasteiger partial charge >= 0.3 is 0 Å². The fourth-order valence-corrected chi connectivity index (χ4v) is 4.69. The SMILES string of the molecule is C[C@@H]1CN(c2cc(=O)[nH]c(N3C[C@@H]4C[C@@H]4[C@H]3Cc3ccccc3)n2)CCO1. The largest absolute Gasteiger partial charge is 0.375 e. The minimum Gasteiger partial charge on any atom is -0.375 e. The predicted octanol–water partition coefficient (Wildman–Crippen LogP) is 2.06. The fraction of sp³-hybridized carbons (Fsp3) is 0.524. The van der Waals surface area contributed by atoms with Gasteiger partial charge in [-0.2, -0.15) is 4.98 Å². The molecule has 1 saturated carbocycles. The molecule has 142 valence electrons. The number of benzene rings is 1. The van der Waals surface area contributed by atoms with Crippen molar-refractivity contribution in [3.05, 3.63) is 52.3 Å². The highest BCUT2D eigenvalue weighted by molar-refractivity contribution is 5.47. The highest BCUT2D eigenvalue weighted by Gasteiger charge is 2.52. The molecule has 27 heavy (non-hydrogen) atoms. The average molecular weight is 366 g/mol. The Bertz CT molecular complexity index is 868. The van der Waals surface area contributed by atoms with Crippen LogP contribution in [0.15, 0.2) is 41.2 Å². The summed E-state index contributed by atoms with van der Waals surface area (Å²) in [5, 5.41) is 0. The molecule has 1 aliphatic carbocycles. The molecule has 0 amide bonds. The highest BCUT2D eigenvalue weighted by atomic mass is 16.5. The van der Waals surface area contributed by atoms with Crippen LogP contribution in [0, 0.1) is 11.8 Å². The molecule has 0 unspecified atom stereocenters. The number of nitrogens with zero attached hydrogens (tertiary/aromatic N) is 3. The second kappa shape index (κ2) is 6.68. The zero-order chi connectivity index (χ0) is 18.4. The number of piperidine rings is 1. The zero-order valence-corrected chi connectivity index (χ0v) is 15.7. The Balaban J connectivity index is 1.42. The number of morpholine rings is 1. The first-order valence-electron chi connectivity index (χ1n) is 9.96. The molecule has 3 aliphatic rings. The van der Waals surface area contributed by atoms with Gasteiger partial charge in [0.1, 0.15) is 5.82 Å². The molecular weight excluding hydrogens is 340 g/mol. The topological polar surface area (TPSA) is 61.5 Å². The number of hydrogen-bond acceptors (Lipinski definition) is 5. The third kappa shape index (κ3) is 3.34. The molecule has 5 rings (SSSR count). The quantitative estimate of drug-likeness (QED) is 0.898. The summed E-state index contributed by atoms with van der Waals surface area (Å²) in [4.78, 5) is 24.7. The second-order valence-electron chi connectivity index (χ2n) is 8.12. The van der Waals surface area contributed by atoms with Crippen molar-refractivity contribution in [2.45, 2.75) is 31.9 Å². The van der Waals surface area contributed by atoms with E-state index in [9.17, 15) is 4.79 Å². The van der Waals surface area contributed by atoms with Crippen molar-refractivity contribution in [2.75, 3.05) is 36.0 Å². The molecule has 1 aromatic heterocycles. The standard InChI is InChI=1S/C21H26N4O2/c1-14-12-24(7-8-27-14)19-11-20(26)23-21(22-19)25-13-16-10-17(16)18(25)9-15-5-3-2-4-6-15/h2-6,11,14,16-18H,7-10,12-13H2,1H3,(H,22,23,26)/t14-,16+,17+,18-/m1/s1. The first-order valence-corrected chi connectivity index (χ1v) is 9.96. The third-order valence-electron chi connectivity index (χ3n) is 6.14. The molecular formula is C21H26N4O2. The monoisotopic (exact) mass is 366 g/mol. The van der Waals surface area contributed by atoms with Crippen molar-refractivity contribution in [3.8, 4) is 0 Å². The number of aromatic nitrogens is 2. The maximum absolute atomic E-state index is 12.4. The number of nitrogens with one attached hydrogen (secondary N) is 1. The van der Waals surface area contributed by atoms with Gasteiger partial charge in [0.2, 0.25) is 5.95 Å². The molecule has 2 aromatic rings. The van der Waals surface area contributed by atoms with Crippen molar-refractivity contribution in [2.24, 2.45) is 11.8 Å². The fourth-order valence-electron chi connectivity index (χ4n) is 4.69. The van der Waals surface area contributed by atoms with Gasteiger partial charge in [0, 0.05) is 31.7 Å². The van der Waals surface area contributed by atoms with Crippen LogP contribution in [-0.4, -0.2) is 48.4 Å². The molecule has 3 heterocycles. The van der Waals surface area contributed by atoms with Gasteiger partial charge in [-0.05, 0) is 37.2 Å². The smallest absolute Gasteiger partial charge is 0.254 e. The normalized spacial score (nSPS) is 29.7. The molecule has 2 aliphatic heterocycles. The van der Waals surface area contributed by atoms with E-state index in [1.165, 1.54) is 12.0 Å². The summed E-state index contributed by atoms with van der Waals surface area (Å²) in [6.45, 7) is 5.28. The molecule has 0 bridgehead atoms. The van der Waals surface area contributed by atoms with Gasteiger partial charge in [-0.25, -0.2) is 0 Å². The Kier molecular flexibility index (Phi) is 4.16. The van der Waals surface area contributed by atoms with Crippen LogP contribution in [0.2, 0.25) is 0 Å². The van der Waals surface area contributed by atoms with E-state index in [1.807, 2.05) is 0 Å². The van der Waals surface area contributed by atoms with Crippen LogP contribution < -0.4 is 15.4 Å². The molecule has 6 heteroatoms. The van der Waals surface area contributed by atoms with E-state index in [2.05, 4.69) is 52.0 Å². The molecule has 1 aromatic carbocycles. The van der Waals surface area contributed by atoms with E-state index in [0.717, 1.165) is 49.7 Å². The van der Waals surface area contributed by atoms with Crippen molar-refractivity contribution in [1.82, 2.24) is 9.97 Å². The van der Waals surface area contributed by atoms with Gasteiger partial charge in [-0.15, -0.1) is 0 Å². The van der Waals surface area contributed by atoms with Crippen LogP contribution in [0.5, 0.6) is 0 Å². The Morgan fingerprint density at radius 2 is 2.11 bits per heavy atom. The van der Waals surface area contributed by atoms with Crippen LogP contribution in [0.25, 0.3) is 0 Å². The number of hydrogen-bond donors (Lipinski definition) is 1.